The molecule has 1 heterocycles. The van der Waals surface area contributed by atoms with Crippen LogP contribution in [0.15, 0.2) is 60.7 Å². The highest BCUT2D eigenvalue weighted by atomic mass is 35.5. The fraction of sp³-hybridized carbons (Fsp3) is 0.0870. The second-order valence-electron chi connectivity index (χ2n) is 7.15. The zero-order chi connectivity index (χ0) is 24.8. The Morgan fingerprint density at radius 1 is 1.29 bits per heavy atom. The molecule has 3 aromatic rings. The summed E-state index contributed by atoms with van der Waals surface area (Å²) in [7, 11) is 1.47. The molecule has 0 atom stereocenters. The van der Waals surface area contributed by atoms with Gasteiger partial charge in [-0.15, -0.1) is 5.10 Å². The van der Waals surface area contributed by atoms with E-state index in [4.69, 9.17) is 38.9 Å². The van der Waals surface area contributed by atoms with Gasteiger partial charge in [0.2, 0.25) is 0 Å². The van der Waals surface area contributed by atoms with Crippen molar-refractivity contribution in [1.82, 2.24) is 15.1 Å². The summed E-state index contributed by atoms with van der Waals surface area (Å²) in [4.78, 5) is 12.6. The maximum absolute atomic E-state index is 12.6. The lowest BCUT2D eigenvalue weighted by molar-refractivity contribution is 0.0962. The van der Waals surface area contributed by atoms with E-state index in [1.807, 2.05) is 13.1 Å². The van der Waals surface area contributed by atoms with Crippen molar-refractivity contribution in [2.45, 2.75) is 6.92 Å². The third-order valence-corrected chi connectivity index (χ3v) is 5.25. The number of nitrogen functional groups attached to an aromatic ring is 1. The van der Waals surface area contributed by atoms with Gasteiger partial charge in [0.05, 0.1) is 29.1 Å². The molecule has 0 radical (unpaired) electrons. The molecule has 0 spiro atoms. The first-order chi connectivity index (χ1) is 16.3. The highest BCUT2D eigenvalue weighted by molar-refractivity contribution is 6.36. The summed E-state index contributed by atoms with van der Waals surface area (Å²) in [6.07, 6.45) is 7.21. The molecule has 0 saturated heterocycles. The van der Waals surface area contributed by atoms with Crippen LogP contribution < -0.4 is 32.6 Å². The van der Waals surface area contributed by atoms with Gasteiger partial charge in [0.15, 0.2) is 5.82 Å². The SMILES string of the molecule is COc1cc(-n2cc(C)c(Nc3ccc(N)c(C=N)c3Cl)n2)ccc1C(=O)N/C(N)=C/C=C\N. The zero-order valence-electron chi connectivity index (χ0n) is 18.6. The number of hydrogen-bond acceptors (Lipinski definition) is 8. The van der Waals surface area contributed by atoms with Crippen molar-refractivity contribution in [1.29, 1.82) is 5.41 Å². The molecule has 9 N–H and O–H groups in total. The molecule has 10 nitrogen and oxygen atoms in total. The molecule has 0 bridgehead atoms. The number of hydrogen-bond donors (Lipinski definition) is 6. The summed E-state index contributed by atoms with van der Waals surface area (Å²) < 4.78 is 7.06. The third kappa shape index (κ3) is 5.13. The second-order valence-corrected chi connectivity index (χ2v) is 7.53. The molecule has 0 unspecified atom stereocenters. The van der Waals surface area contributed by atoms with Crippen molar-refractivity contribution in [2.75, 3.05) is 18.2 Å². The summed E-state index contributed by atoms with van der Waals surface area (Å²) in [6.45, 7) is 1.89. The minimum absolute atomic E-state index is 0.142. The van der Waals surface area contributed by atoms with Crippen LogP contribution in [0.2, 0.25) is 5.02 Å². The predicted octanol–water partition coefficient (Wildman–Crippen LogP) is 3.17. The lowest BCUT2D eigenvalue weighted by Crippen LogP contribution is -2.27. The predicted molar refractivity (Wildman–Crippen MR) is 135 cm³/mol. The topological polar surface area (TPSA) is 170 Å². The normalized spacial score (nSPS) is 11.4. The van der Waals surface area contributed by atoms with Gasteiger partial charge < -0.3 is 38.0 Å². The first-order valence-corrected chi connectivity index (χ1v) is 10.4. The fourth-order valence-corrected chi connectivity index (χ4v) is 3.38. The summed E-state index contributed by atoms with van der Waals surface area (Å²) in [5.74, 6) is 0.622. The Bertz CT molecular complexity index is 1300. The Hall–Kier alpha value is -4.44. The van der Waals surface area contributed by atoms with Crippen molar-refractivity contribution in [3.63, 3.8) is 0 Å². The number of allylic oxidation sites excluding steroid dienone is 2. The first kappa shape index (κ1) is 24.2. The lowest BCUT2D eigenvalue weighted by Gasteiger charge is -2.12. The van der Waals surface area contributed by atoms with E-state index in [-0.39, 0.29) is 5.82 Å². The number of rotatable bonds is 8. The second kappa shape index (κ2) is 10.5. The van der Waals surface area contributed by atoms with E-state index in [0.29, 0.717) is 44.8 Å². The smallest absolute Gasteiger partial charge is 0.260 e. The van der Waals surface area contributed by atoms with Crippen LogP contribution in [0.1, 0.15) is 21.5 Å². The number of benzene rings is 2. The van der Waals surface area contributed by atoms with E-state index < -0.39 is 5.91 Å². The molecular weight excluding hydrogens is 456 g/mol. The summed E-state index contributed by atoms with van der Waals surface area (Å²) in [6, 6.07) is 8.44. The van der Waals surface area contributed by atoms with E-state index in [2.05, 4.69) is 15.7 Å². The molecule has 0 aliphatic rings. The molecule has 0 aliphatic carbocycles. The largest absolute Gasteiger partial charge is 0.496 e. The van der Waals surface area contributed by atoms with E-state index in [0.717, 1.165) is 11.8 Å². The van der Waals surface area contributed by atoms with Gasteiger partial charge in [0, 0.05) is 35.3 Å². The Balaban J connectivity index is 1.88. The van der Waals surface area contributed by atoms with Gasteiger partial charge >= 0.3 is 0 Å². The standard InChI is InChI=1S/C23H25ClN8O2/c1-13-12-32(31-22(13)29-18-8-7-17(27)16(11-26)21(18)24)14-5-6-15(19(10-14)34-2)23(33)30-20(28)4-3-9-25/h3-12,26H,25,27-28H2,1-2H3,(H,29,31)(H,30,33)/b9-3-,20-4+,26-11?. The number of carbonyl (C=O) groups is 1. The van der Waals surface area contributed by atoms with Gasteiger partial charge in [-0.25, -0.2) is 4.68 Å². The van der Waals surface area contributed by atoms with Gasteiger partial charge in [-0.2, -0.15) is 0 Å². The van der Waals surface area contributed by atoms with Crippen molar-refractivity contribution < 1.29 is 9.53 Å². The maximum atomic E-state index is 12.6. The summed E-state index contributed by atoms with van der Waals surface area (Å²) >= 11 is 6.39. The molecule has 0 saturated carbocycles. The van der Waals surface area contributed by atoms with Crippen LogP contribution >= 0.6 is 11.6 Å². The van der Waals surface area contributed by atoms with Crippen LogP contribution in [-0.4, -0.2) is 29.0 Å². The van der Waals surface area contributed by atoms with Crippen LogP contribution in [0.25, 0.3) is 5.69 Å². The van der Waals surface area contributed by atoms with Crippen molar-refractivity contribution >= 4 is 40.9 Å². The average molecular weight is 481 g/mol. The number of anilines is 3. The number of methoxy groups -OCH3 is 1. The lowest BCUT2D eigenvalue weighted by atomic mass is 10.1. The molecule has 2 aromatic carbocycles. The van der Waals surface area contributed by atoms with E-state index >= 15 is 0 Å². The number of nitrogens with zero attached hydrogens (tertiary/aromatic N) is 2. The van der Waals surface area contributed by atoms with Crippen molar-refractivity contribution in [3.8, 4) is 11.4 Å². The number of nitrogens with two attached hydrogens (primary N) is 3. The van der Waals surface area contributed by atoms with Crippen LogP contribution in [0.4, 0.5) is 17.2 Å². The Morgan fingerprint density at radius 2 is 2.06 bits per heavy atom. The number of ether oxygens (including phenoxy) is 1. The number of carbonyl (C=O) groups excluding carboxylic acids is 1. The third-order valence-electron chi connectivity index (χ3n) is 4.85. The minimum atomic E-state index is -0.429. The van der Waals surface area contributed by atoms with Gasteiger partial charge in [0.1, 0.15) is 11.6 Å². The minimum Gasteiger partial charge on any atom is -0.496 e. The maximum Gasteiger partial charge on any atom is 0.260 e. The van der Waals surface area contributed by atoms with Crippen LogP contribution in [0, 0.1) is 12.3 Å². The van der Waals surface area contributed by atoms with Crippen molar-refractivity contribution in [3.05, 3.63) is 82.4 Å². The van der Waals surface area contributed by atoms with Gasteiger partial charge in [0.25, 0.3) is 5.91 Å². The molecule has 11 heteroatoms. The van der Waals surface area contributed by atoms with Gasteiger partial charge in [-0.05, 0) is 49.5 Å². The van der Waals surface area contributed by atoms with Gasteiger partial charge in [-0.1, -0.05) is 11.6 Å². The zero-order valence-corrected chi connectivity index (χ0v) is 19.4. The fourth-order valence-electron chi connectivity index (χ4n) is 3.10. The molecule has 0 aliphatic heterocycles. The molecule has 1 amide bonds. The summed E-state index contributed by atoms with van der Waals surface area (Å²) in [5, 5.41) is 18.2. The molecule has 34 heavy (non-hydrogen) atoms. The van der Waals surface area contributed by atoms with Gasteiger partial charge in [-0.3, -0.25) is 4.79 Å². The molecular formula is C23H25ClN8O2. The highest BCUT2D eigenvalue weighted by Gasteiger charge is 2.16. The quantitative estimate of drug-likeness (QED) is 0.163. The first-order valence-electron chi connectivity index (χ1n) is 10.0. The van der Waals surface area contributed by atoms with E-state index in [9.17, 15) is 4.79 Å². The monoisotopic (exact) mass is 480 g/mol. The van der Waals surface area contributed by atoms with Crippen LogP contribution in [0.3, 0.4) is 0 Å². The number of amides is 1. The molecule has 1 aromatic heterocycles. The molecule has 176 valence electrons. The van der Waals surface area contributed by atoms with Crippen molar-refractivity contribution in [2.24, 2.45) is 11.5 Å². The molecule has 0 fully saturated rings. The highest BCUT2D eigenvalue weighted by Crippen LogP contribution is 2.32. The average Bonchev–Trinajstić information content (AvgIpc) is 3.19. The summed E-state index contributed by atoms with van der Waals surface area (Å²) in [5.41, 5.74) is 20.1. The van der Waals surface area contributed by atoms with Crippen LogP contribution in [-0.2, 0) is 0 Å². The Kier molecular flexibility index (Phi) is 7.44. The van der Waals surface area contributed by atoms with E-state index in [1.54, 1.807) is 35.0 Å². The Morgan fingerprint density at radius 3 is 2.74 bits per heavy atom. The number of halogens is 1. The van der Waals surface area contributed by atoms with E-state index in [1.165, 1.54) is 25.5 Å². The number of nitrogens with one attached hydrogen (secondary N) is 3. The Labute approximate surface area is 201 Å². The number of aromatic nitrogens is 2. The molecule has 3 rings (SSSR count). The van der Waals surface area contributed by atoms with Crippen LogP contribution in [0.5, 0.6) is 5.75 Å². The number of aryl methyl sites for hydroxylation is 1.